The Morgan fingerprint density at radius 3 is 2.30 bits per heavy atom. The molecule has 30 heavy (non-hydrogen) atoms. The highest BCUT2D eigenvalue weighted by Gasteiger charge is 2.18. The summed E-state index contributed by atoms with van der Waals surface area (Å²) in [5.74, 6) is 2.00. The van der Waals surface area contributed by atoms with Gasteiger partial charge in [0.1, 0.15) is 5.75 Å². The third-order valence-corrected chi connectivity index (χ3v) is 6.37. The van der Waals surface area contributed by atoms with Gasteiger partial charge in [0.05, 0.1) is 7.11 Å². The highest BCUT2D eigenvalue weighted by Crippen LogP contribution is 2.34. The van der Waals surface area contributed by atoms with E-state index in [0.29, 0.717) is 31.8 Å². The number of benzene rings is 3. The molecule has 0 N–H and O–H groups in total. The molecule has 0 bridgehead atoms. The number of nitrogens with zero attached hydrogens (tertiary/aromatic N) is 3. The molecule has 4 aromatic rings. The van der Waals surface area contributed by atoms with E-state index in [4.69, 9.17) is 39.5 Å². The van der Waals surface area contributed by atoms with E-state index in [0.717, 1.165) is 22.6 Å². The van der Waals surface area contributed by atoms with Crippen LogP contribution in [-0.4, -0.2) is 21.9 Å². The summed E-state index contributed by atoms with van der Waals surface area (Å²) in [5, 5.41) is 11.5. The molecule has 0 saturated heterocycles. The van der Waals surface area contributed by atoms with Crippen LogP contribution in [0.4, 0.5) is 0 Å². The number of ether oxygens (including phenoxy) is 1. The minimum atomic E-state index is 0.558. The first kappa shape index (κ1) is 21.1. The van der Waals surface area contributed by atoms with Gasteiger partial charge in [0.25, 0.3) is 0 Å². The predicted octanol–water partition coefficient (Wildman–Crippen LogP) is 7.20. The first-order chi connectivity index (χ1) is 14.6. The van der Waals surface area contributed by atoms with E-state index in [9.17, 15) is 0 Å². The SMILES string of the molecule is COc1cccc(-c2nnc(SCc3c(Cl)cccc3Cl)n2-c2ccc(Cl)cc2)c1. The highest BCUT2D eigenvalue weighted by molar-refractivity contribution is 7.98. The van der Waals surface area contributed by atoms with Crippen LogP contribution < -0.4 is 4.74 Å². The summed E-state index contributed by atoms with van der Waals surface area (Å²) < 4.78 is 7.35. The lowest BCUT2D eigenvalue weighted by Crippen LogP contribution is -2.00. The molecule has 8 heteroatoms. The average Bonchev–Trinajstić information content (AvgIpc) is 3.18. The number of rotatable bonds is 6. The van der Waals surface area contributed by atoms with Crippen LogP contribution in [0.1, 0.15) is 5.56 Å². The topological polar surface area (TPSA) is 39.9 Å². The number of thioether (sulfide) groups is 1. The molecule has 1 aromatic heterocycles. The van der Waals surface area contributed by atoms with Crippen molar-refractivity contribution in [2.75, 3.05) is 7.11 Å². The van der Waals surface area contributed by atoms with Crippen molar-refractivity contribution in [1.29, 1.82) is 0 Å². The number of halogens is 3. The molecule has 0 aliphatic heterocycles. The summed E-state index contributed by atoms with van der Waals surface area (Å²) in [7, 11) is 1.64. The van der Waals surface area contributed by atoms with Crippen molar-refractivity contribution in [1.82, 2.24) is 14.8 Å². The molecule has 0 radical (unpaired) electrons. The van der Waals surface area contributed by atoms with E-state index in [1.54, 1.807) is 7.11 Å². The van der Waals surface area contributed by atoms with E-state index < -0.39 is 0 Å². The average molecular weight is 477 g/mol. The molecular formula is C22H16Cl3N3OS. The second-order valence-electron chi connectivity index (χ2n) is 6.34. The molecule has 0 aliphatic carbocycles. The normalized spacial score (nSPS) is 10.9. The molecule has 0 aliphatic rings. The monoisotopic (exact) mass is 475 g/mol. The van der Waals surface area contributed by atoms with Gasteiger partial charge in [-0.25, -0.2) is 0 Å². The zero-order valence-electron chi connectivity index (χ0n) is 15.8. The predicted molar refractivity (Wildman–Crippen MR) is 124 cm³/mol. The first-order valence-electron chi connectivity index (χ1n) is 8.98. The maximum Gasteiger partial charge on any atom is 0.196 e. The van der Waals surface area contributed by atoms with E-state index in [-0.39, 0.29) is 0 Å². The van der Waals surface area contributed by atoms with Crippen LogP contribution in [0.15, 0.2) is 71.9 Å². The molecule has 1 heterocycles. The summed E-state index contributed by atoms with van der Waals surface area (Å²) in [6, 6.07) is 20.7. The Labute approximate surface area is 193 Å². The fourth-order valence-corrected chi connectivity index (χ4v) is 4.76. The van der Waals surface area contributed by atoms with E-state index >= 15 is 0 Å². The van der Waals surface area contributed by atoms with Crippen LogP contribution in [0.2, 0.25) is 15.1 Å². The maximum atomic E-state index is 6.34. The highest BCUT2D eigenvalue weighted by atomic mass is 35.5. The summed E-state index contributed by atoms with van der Waals surface area (Å²) >= 11 is 20.3. The fraction of sp³-hybridized carbons (Fsp3) is 0.0909. The molecule has 3 aromatic carbocycles. The number of methoxy groups -OCH3 is 1. The molecular weight excluding hydrogens is 461 g/mol. The minimum absolute atomic E-state index is 0.558. The third-order valence-electron chi connectivity index (χ3n) is 4.45. The van der Waals surface area contributed by atoms with Crippen LogP contribution in [0.25, 0.3) is 17.1 Å². The van der Waals surface area contributed by atoms with Crippen LogP contribution in [-0.2, 0) is 5.75 Å². The van der Waals surface area contributed by atoms with E-state index in [2.05, 4.69) is 10.2 Å². The van der Waals surface area contributed by atoms with Crippen molar-refractivity contribution in [2.24, 2.45) is 0 Å². The van der Waals surface area contributed by atoms with Crippen LogP contribution in [0.3, 0.4) is 0 Å². The van der Waals surface area contributed by atoms with Gasteiger partial charge in [0, 0.05) is 32.1 Å². The minimum Gasteiger partial charge on any atom is -0.497 e. The van der Waals surface area contributed by atoms with Crippen molar-refractivity contribution < 1.29 is 4.74 Å². The molecule has 0 atom stereocenters. The molecule has 4 nitrogen and oxygen atoms in total. The lowest BCUT2D eigenvalue weighted by molar-refractivity contribution is 0.415. The van der Waals surface area contributed by atoms with Gasteiger partial charge in [-0.1, -0.05) is 64.8 Å². The van der Waals surface area contributed by atoms with Gasteiger partial charge in [0.15, 0.2) is 11.0 Å². The standard InChI is InChI=1S/C22H16Cl3N3OS/c1-29-17-5-2-4-14(12-17)21-26-27-22(28(21)16-10-8-15(23)9-11-16)30-13-18-19(24)6-3-7-20(18)25/h2-12H,13H2,1H3. The molecule has 152 valence electrons. The fourth-order valence-electron chi connectivity index (χ4n) is 2.94. The van der Waals surface area contributed by atoms with Gasteiger partial charge in [-0.3, -0.25) is 4.57 Å². The number of aromatic nitrogens is 3. The summed E-state index contributed by atoms with van der Waals surface area (Å²) in [6.07, 6.45) is 0. The maximum absolute atomic E-state index is 6.34. The van der Waals surface area contributed by atoms with E-state index in [1.807, 2.05) is 71.3 Å². The first-order valence-corrected chi connectivity index (χ1v) is 11.1. The second kappa shape index (κ2) is 9.31. The quantitative estimate of drug-likeness (QED) is 0.276. The number of hydrogen-bond acceptors (Lipinski definition) is 4. The molecule has 0 amide bonds. The van der Waals surface area contributed by atoms with Gasteiger partial charge >= 0.3 is 0 Å². The Bertz CT molecular complexity index is 1160. The second-order valence-corrected chi connectivity index (χ2v) is 8.53. The lowest BCUT2D eigenvalue weighted by Gasteiger charge is -2.12. The van der Waals surface area contributed by atoms with Crippen molar-refractivity contribution in [3.8, 4) is 22.8 Å². The van der Waals surface area contributed by atoms with Crippen molar-refractivity contribution >= 4 is 46.6 Å². The van der Waals surface area contributed by atoms with E-state index in [1.165, 1.54) is 11.8 Å². The van der Waals surface area contributed by atoms with Crippen LogP contribution in [0.5, 0.6) is 5.75 Å². The van der Waals surface area contributed by atoms with Crippen LogP contribution in [0, 0.1) is 0 Å². The van der Waals surface area contributed by atoms with Crippen LogP contribution >= 0.6 is 46.6 Å². The van der Waals surface area contributed by atoms with Crippen molar-refractivity contribution in [3.05, 3.63) is 87.4 Å². The molecule has 0 saturated carbocycles. The molecule has 0 spiro atoms. The Balaban J connectivity index is 1.77. The van der Waals surface area contributed by atoms with Crippen molar-refractivity contribution in [2.45, 2.75) is 10.9 Å². The lowest BCUT2D eigenvalue weighted by atomic mass is 10.2. The van der Waals surface area contributed by atoms with Gasteiger partial charge in [-0.15, -0.1) is 10.2 Å². The van der Waals surface area contributed by atoms with Gasteiger partial charge in [-0.05, 0) is 54.1 Å². The Kier molecular flexibility index (Phi) is 6.54. The summed E-state index contributed by atoms with van der Waals surface area (Å²) in [4.78, 5) is 0. The van der Waals surface area contributed by atoms with Crippen molar-refractivity contribution in [3.63, 3.8) is 0 Å². The third kappa shape index (κ3) is 4.44. The zero-order chi connectivity index (χ0) is 21.1. The van der Waals surface area contributed by atoms with Gasteiger partial charge < -0.3 is 4.74 Å². The number of hydrogen-bond donors (Lipinski definition) is 0. The Hall–Kier alpha value is -2.18. The molecule has 0 fully saturated rings. The summed E-state index contributed by atoms with van der Waals surface area (Å²) in [5.41, 5.74) is 2.65. The Morgan fingerprint density at radius 1 is 0.900 bits per heavy atom. The largest absolute Gasteiger partial charge is 0.497 e. The smallest absolute Gasteiger partial charge is 0.196 e. The zero-order valence-corrected chi connectivity index (χ0v) is 18.9. The van der Waals surface area contributed by atoms with Gasteiger partial charge in [0.2, 0.25) is 0 Å². The van der Waals surface area contributed by atoms with Gasteiger partial charge in [-0.2, -0.15) is 0 Å². The molecule has 0 unspecified atom stereocenters. The Morgan fingerprint density at radius 2 is 1.60 bits per heavy atom. The molecule has 4 rings (SSSR count). The summed E-state index contributed by atoms with van der Waals surface area (Å²) in [6.45, 7) is 0.